The van der Waals surface area contributed by atoms with Gasteiger partial charge in [0.15, 0.2) is 0 Å². The third kappa shape index (κ3) is 3.29. The summed E-state index contributed by atoms with van der Waals surface area (Å²) in [6.45, 7) is 2.33. The molecule has 94 valence electrons. The predicted molar refractivity (Wildman–Crippen MR) is 72.4 cm³/mol. The maximum absolute atomic E-state index is 5.84. The minimum absolute atomic E-state index is 0.581. The zero-order valence-corrected chi connectivity index (χ0v) is 10.7. The molecule has 0 aliphatic heterocycles. The topological polar surface area (TPSA) is 47.3 Å². The third-order valence-corrected chi connectivity index (χ3v) is 3.55. The second-order valence-electron chi connectivity index (χ2n) is 5.10. The highest BCUT2D eigenvalue weighted by Gasteiger charge is 2.18. The van der Waals surface area contributed by atoms with Crippen molar-refractivity contribution < 1.29 is 4.74 Å². The van der Waals surface area contributed by atoms with Gasteiger partial charge in [-0.3, -0.25) is 0 Å². The van der Waals surface area contributed by atoms with Crippen molar-refractivity contribution in [1.29, 1.82) is 0 Å². The summed E-state index contributed by atoms with van der Waals surface area (Å²) in [5, 5.41) is 3.56. The summed E-state index contributed by atoms with van der Waals surface area (Å²) in [6.07, 6.45) is 5.13. The van der Waals surface area contributed by atoms with Crippen LogP contribution in [0, 0.1) is 5.92 Å². The third-order valence-electron chi connectivity index (χ3n) is 3.55. The molecule has 3 nitrogen and oxygen atoms in total. The molecule has 0 bridgehead atoms. The minimum Gasteiger partial charge on any atom is -0.497 e. The molecule has 0 aromatic heterocycles. The van der Waals surface area contributed by atoms with Crippen LogP contribution in [0.2, 0.25) is 0 Å². The summed E-state index contributed by atoms with van der Waals surface area (Å²) in [5.41, 5.74) is 7.66. The highest BCUT2D eigenvalue weighted by Crippen LogP contribution is 2.28. The van der Waals surface area contributed by atoms with E-state index in [1.165, 1.54) is 25.7 Å². The summed E-state index contributed by atoms with van der Waals surface area (Å²) in [7, 11) is 1.67. The average molecular weight is 234 g/mol. The lowest BCUT2D eigenvalue weighted by atomic mass is 9.87. The van der Waals surface area contributed by atoms with Crippen LogP contribution in [0.15, 0.2) is 18.2 Å². The molecule has 0 atom stereocenters. The molecule has 3 heteroatoms. The zero-order chi connectivity index (χ0) is 12.3. The summed E-state index contributed by atoms with van der Waals surface area (Å²) in [4.78, 5) is 0. The standard InChI is InChI=1S/C14H22N2O/c1-10-3-5-12(6-4-10)16-13-7-11(15)8-14(9-13)17-2/h7-10,12,16H,3-6,15H2,1-2H3. The SMILES string of the molecule is COc1cc(N)cc(NC2CCC(C)CC2)c1. The fraction of sp³-hybridized carbons (Fsp3) is 0.571. The lowest BCUT2D eigenvalue weighted by Crippen LogP contribution is -2.25. The number of hydrogen-bond donors (Lipinski definition) is 2. The van der Waals surface area contributed by atoms with E-state index in [0.29, 0.717) is 6.04 Å². The normalized spacial score (nSPS) is 24.4. The van der Waals surface area contributed by atoms with Crippen molar-refractivity contribution in [2.75, 3.05) is 18.2 Å². The Balaban J connectivity index is 2.00. The van der Waals surface area contributed by atoms with Gasteiger partial charge in [0.05, 0.1) is 7.11 Å². The largest absolute Gasteiger partial charge is 0.497 e. The van der Waals surface area contributed by atoms with Gasteiger partial charge in [-0.05, 0) is 37.7 Å². The van der Waals surface area contributed by atoms with Gasteiger partial charge < -0.3 is 15.8 Å². The van der Waals surface area contributed by atoms with Crippen molar-refractivity contribution in [3.8, 4) is 5.75 Å². The fourth-order valence-electron chi connectivity index (χ4n) is 2.46. The molecule has 0 unspecified atom stereocenters. The fourth-order valence-corrected chi connectivity index (χ4v) is 2.46. The van der Waals surface area contributed by atoms with Gasteiger partial charge in [0, 0.05) is 29.5 Å². The van der Waals surface area contributed by atoms with E-state index in [4.69, 9.17) is 10.5 Å². The van der Waals surface area contributed by atoms with E-state index in [-0.39, 0.29) is 0 Å². The second kappa shape index (κ2) is 5.30. The van der Waals surface area contributed by atoms with E-state index in [9.17, 15) is 0 Å². The first kappa shape index (κ1) is 12.1. The van der Waals surface area contributed by atoms with Crippen molar-refractivity contribution in [1.82, 2.24) is 0 Å². The first-order valence-corrected chi connectivity index (χ1v) is 6.38. The van der Waals surface area contributed by atoms with Gasteiger partial charge >= 0.3 is 0 Å². The molecule has 1 aliphatic rings. The number of ether oxygens (including phenoxy) is 1. The van der Waals surface area contributed by atoms with E-state index in [0.717, 1.165) is 23.0 Å². The Hall–Kier alpha value is -1.38. The van der Waals surface area contributed by atoms with Crippen LogP contribution in [0.4, 0.5) is 11.4 Å². The van der Waals surface area contributed by atoms with Crippen LogP contribution in [0.25, 0.3) is 0 Å². The van der Waals surface area contributed by atoms with Gasteiger partial charge in [0.1, 0.15) is 5.75 Å². The van der Waals surface area contributed by atoms with Crippen LogP contribution in [-0.2, 0) is 0 Å². The van der Waals surface area contributed by atoms with E-state index in [2.05, 4.69) is 12.2 Å². The molecule has 1 aromatic carbocycles. The Kier molecular flexibility index (Phi) is 3.77. The summed E-state index contributed by atoms with van der Waals surface area (Å²) in [6, 6.07) is 6.40. The smallest absolute Gasteiger partial charge is 0.122 e. The first-order valence-electron chi connectivity index (χ1n) is 6.38. The van der Waals surface area contributed by atoms with Crippen LogP contribution in [0.1, 0.15) is 32.6 Å². The molecule has 3 N–H and O–H groups in total. The Bertz CT molecular complexity index is 370. The maximum atomic E-state index is 5.84. The Morgan fingerprint density at radius 2 is 1.88 bits per heavy atom. The van der Waals surface area contributed by atoms with Crippen LogP contribution in [-0.4, -0.2) is 13.2 Å². The molecule has 0 amide bonds. The van der Waals surface area contributed by atoms with E-state index < -0.39 is 0 Å². The number of methoxy groups -OCH3 is 1. The van der Waals surface area contributed by atoms with Gasteiger partial charge in [-0.1, -0.05) is 6.92 Å². The molecule has 1 aliphatic carbocycles. The van der Waals surface area contributed by atoms with Crippen LogP contribution in [0.3, 0.4) is 0 Å². The molecule has 0 heterocycles. The molecule has 17 heavy (non-hydrogen) atoms. The predicted octanol–water partition coefficient (Wildman–Crippen LogP) is 3.27. The van der Waals surface area contributed by atoms with Crippen LogP contribution < -0.4 is 15.8 Å². The maximum Gasteiger partial charge on any atom is 0.122 e. The highest BCUT2D eigenvalue weighted by atomic mass is 16.5. The number of nitrogen functional groups attached to an aromatic ring is 1. The van der Waals surface area contributed by atoms with Crippen molar-refractivity contribution in [2.45, 2.75) is 38.6 Å². The quantitative estimate of drug-likeness (QED) is 0.789. The number of anilines is 2. The molecular weight excluding hydrogens is 212 g/mol. The number of benzene rings is 1. The Morgan fingerprint density at radius 3 is 2.53 bits per heavy atom. The summed E-state index contributed by atoms with van der Waals surface area (Å²) < 4.78 is 5.22. The highest BCUT2D eigenvalue weighted by molar-refractivity contribution is 5.59. The zero-order valence-electron chi connectivity index (χ0n) is 10.7. The number of rotatable bonds is 3. The number of nitrogens with two attached hydrogens (primary N) is 1. The molecule has 1 fully saturated rings. The molecule has 1 aromatic rings. The minimum atomic E-state index is 0.581. The molecular formula is C14H22N2O. The van der Waals surface area contributed by atoms with Crippen molar-refractivity contribution in [3.63, 3.8) is 0 Å². The molecule has 0 saturated heterocycles. The average Bonchev–Trinajstić information content (AvgIpc) is 2.31. The second-order valence-corrected chi connectivity index (χ2v) is 5.10. The van der Waals surface area contributed by atoms with Gasteiger partial charge in [0.2, 0.25) is 0 Å². The molecule has 0 spiro atoms. The van der Waals surface area contributed by atoms with Gasteiger partial charge in [-0.15, -0.1) is 0 Å². The molecule has 0 radical (unpaired) electrons. The van der Waals surface area contributed by atoms with E-state index >= 15 is 0 Å². The van der Waals surface area contributed by atoms with E-state index in [1.54, 1.807) is 7.11 Å². The van der Waals surface area contributed by atoms with Crippen molar-refractivity contribution >= 4 is 11.4 Å². The lowest BCUT2D eigenvalue weighted by Gasteiger charge is -2.28. The van der Waals surface area contributed by atoms with Crippen molar-refractivity contribution in [3.05, 3.63) is 18.2 Å². The van der Waals surface area contributed by atoms with Crippen molar-refractivity contribution in [2.24, 2.45) is 5.92 Å². The van der Waals surface area contributed by atoms with Gasteiger partial charge in [-0.2, -0.15) is 0 Å². The summed E-state index contributed by atoms with van der Waals surface area (Å²) in [5.74, 6) is 1.69. The van der Waals surface area contributed by atoms with E-state index in [1.807, 2.05) is 18.2 Å². The Labute approximate surface area is 103 Å². The van der Waals surface area contributed by atoms with Crippen LogP contribution >= 0.6 is 0 Å². The van der Waals surface area contributed by atoms with Gasteiger partial charge in [0.25, 0.3) is 0 Å². The monoisotopic (exact) mass is 234 g/mol. The van der Waals surface area contributed by atoms with Crippen LogP contribution in [0.5, 0.6) is 5.75 Å². The number of nitrogens with one attached hydrogen (secondary N) is 1. The van der Waals surface area contributed by atoms with Gasteiger partial charge in [-0.25, -0.2) is 0 Å². The number of hydrogen-bond acceptors (Lipinski definition) is 3. The lowest BCUT2D eigenvalue weighted by molar-refractivity contribution is 0.361. The Morgan fingerprint density at radius 1 is 1.18 bits per heavy atom. The first-order chi connectivity index (χ1) is 8.17. The summed E-state index contributed by atoms with van der Waals surface area (Å²) >= 11 is 0. The molecule has 2 rings (SSSR count). The molecule has 1 saturated carbocycles.